The van der Waals surface area contributed by atoms with Crippen LogP contribution in [-0.4, -0.2) is 55.6 Å². The number of nitrogens with one attached hydrogen (secondary N) is 1. The lowest BCUT2D eigenvalue weighted by molar-refractivity contribution is -0.141. The van der Waals surface area contributed by atoms with Crippen LogP contribution >= 0.6 is 0 Å². The zero-order valence-electron chi connectivity index (χ0n) is 11.1. The Bertz CT molecular complexity index is 440. The van der Waals surface area contributed by atoms with Crippen LogP contribution < -0.4 is 5.32 Å². The molecule has 0 radical (unpaired) electrons. The number of sulfonamides is 1. The molecule has 110 valence electrons. The summed E-state index contributed by atoms with van der Waals surface area (Å²) in [4.78, 5) is 22.4. The Hall–Kier alpha value is -1.15. The van der Waals surface area contributed by atoms with Gasteiger partial charge < -0.3 is 10.4 Å². The molecule has 0 aromatic heterocycles. The first-order valence-corrected chi connectivity index (χ1v) is 8.02. The Kier molecular flexibility index (Phi) is 5.30. The highest BCUT2D eigenvalue weighted by Gasteiger charge is 2.29. The van der Waals surface area contributed by atoms with Gasteiger partial charge in [-0.15, -0.1) is 0 Å². The number of hydrogen-bond donors (Lipinski definition) is 2. The zero-order chi connectivity index (χ0) is 14.6. The second kappa shape index (κ2) is 6.33. The van der Waals surface area contributed by atoms with Crippen LogP contribution in [-0.2, 0) is 19.6 Å². The maximum atomic E-state index is 11.8. The van der Waals surface area contributed by atoms with E-state index in [1.165, 1.54) is 11.2 Å². The van der Waals surface area contributed by atoms with E-state index in [0.29, 0.717) is 25.9 Å². The summed E-state index contributed by atoms with van der Waals surface area (Å²) in [5.74, 6) is -2.01. The molecule has 1 fully saturated rings. The van der Waals surface area contributed by atoms with E-state index in [9.17, 15) is 18.0 Å². The molecule has 0 saturated carbocycles. The molecule has 0 spiro atoms. The van der Waals surface area contributed by atoms with Crippen molar-refractivity contribution in [3.8, 4) is 0 Å². The van der Waals surface area contributed by atoms with Crippen molar-refractivity contribution >= 4 is 21.9 Å². The molecule has 1 rings (SSSR count). The molecule has 0 aromatic rings. The normalized spacial score (nSPS) is 19.9. The summed E-state index contributed by atoms with van der Waals surface area (Å²) in [6.07, 6.45) is 2.10. The van der Waals surface area contributed by atoms with E-state index >= 15 is 0 Å². The number of amides is 1. The number of carboxylic acid groups (broad SMARTS) is 1. The van der Waals surface area contributed by atoms with E-state index in [1.54, 1.807) is 0 Å². The summed E-state index contributed by atoms with van der Waals surface area (Å²) in [5, 5.41) is 11.3. The molecule has 1 aliphatic heterocycles. The summed E-state index contributed by atoms with van der Waals surface area (Å²) in [7, 11) is -3.19. The topological polar surface area (TPSA) is 104 Å². The van der Waals surface area contributed by atoms with E-state index < -0.39 is 21.9 Å². The van der Waals surface area contributed by atoms with Gasteiger partial charge in [-0.05, 0) is 12.8 Å². The number of carbonyl (C=O) groups is 2. The second-order valence-electron chi connectivity index (χ2n) is 4.92. The van der Waals surface area contributed by atoms with Crippen LogP contribution in [0.2, 0.25) is 0 Å². The van der Waals surface area contributed by atoms with Gasteiger partial charge in [0.2, 0.25) is 15.9 Å². The lowest BCUT2D eigenvalue weighted by atomic mass is 9.97. The Morgan fingerprint density at radius 2 is 1.89 bits per heavy atom. The van der Waals surface area contributed by atoms with E-state index in [2.05, 4.69) is 5.32 Å². The average molecular weight is 292 g/mol. The fraction of sp³-hybridized carbons (Fsp3) is 0.818. The van der Waals surface area contributed by atoms with Crippen molar-refractivity contribution in [3.63, 3.8) is 0 Å². The molecule has 1 unspecified atom stereocenters. The number of piperidine rings is 1. The van der Waals surface area contributed by atoms with Crippen molar-refractivity contribution < 1.29 is 23.1 Å². The molecule has 1 aliphatic rings. The van der Waals surface area contributed by atoms with E-state index in [1.807, 2.05) is 0 Å². The molecule has 0 bridgehead atoms. The van der Waals surface area contributed by atoms with Crippen LogP contribution in [0.1, 0.15) is 19.8 Å². The van der Waals surface area contributed by atoms with Crippen LogP contribution in [0.5, 0.6) is 0 Å². The molecule has 1 heterocycles. The fourth-order valence-corrected chi connectivity index (χ4v) is 2.81. The number of aliphatic carboxylic acids is 1. The number of carbonyl (C=O) groups excluding carboxylic acids is 1. The predicted octanol–water partition coefficient (Wildman–Crippen LogP) is -0.505. The Balaban J connectivity index is 2.39. The van der Waals surface area contributed by atoms with Crippen molar-refractivity contribution in [2.24, 2.45) is 11.8 Å². The van der Waals surface area contributed by atoms with Crippen molar-refractivity contribution in [3.05, 3.63) is 0 Å². The van der Waals surface area contributed by atoms with Crippen molar-refractivity contribution in [1.82, 2.24) is 9.62 Å². The quantitative estimate of drug-likeness (QED) is 0.710. The minimum Gasteiger partial charge on any atom is -0.481 e. The van der Waals surface area contributed by atoms with Crippen LogP contribution in [0.3, 0.4) is 0 Å². The molecule has 8 heteroatoms. The summed E-state index contributed by atoms with van der Waals surface area (Å²) in [5.41, 5.74) is 0. The Morgan fingerprint density at radius 1 is 1.37 bits per heavy atom. The number of carboxylic acids is 1. The molecule has 0 aliphatic carbocycles. The summed E-state index contributed by atoms with van der Waals surface area (Å²) < 4.78 is 24.0. The van der Waals surface area contributed by atoms with Gasteiger partial charge in [-0.2, -0.15) is 0 Å². The Morgan fingerprint density at radius 3 is 2.32 bits per heavy atom. The van der Waals surface area contributed by atoms with Crippen molar-refractivity contribution in [2.45, 2.75) is 19.8 Å². The number of rotatable bonds is 5. The van der Waals surface area contributed by atoms with Gasteiger partial charge in [0, 0.05) is 25.6 Å². The van der Waals surface area contributed by atoms with Crippen molar-refractivity contribution in [2.75, 3.05) is 25.9 Å². The number of hydrogen-bond acceptors (Lipinski definition) is 4. The van der Waals surface area contributed by atoms with Gasteiger partial charge in [-0.1, -0.05) is 6.92 Å². The van der Waals surface area contributed by atoms with Gasteiger partial charge in [-0.3, -0.25) is 9.59 Å². The van der Waals surface area contributed by atoms with Gasteiger partial charge in [0.05, 0.1) is 12.2 Å². The van der Waals surface area contributed by atoms with Gasteiger partial charge in [0.1, 0.15) is 0 Å². The highest BCUT2D eigenvalue weighted by molar-refractivity contribution is 7.88. The standard InChI is InChI=1S/C11H20N2O5S/c1-8(11(15)16)7-12-10(14)9-3-5-13(6-4-9)19(2,17)18/h8-9H,3-7H2,1-2H3,(H,12,14)(H,15,16). The van der Waals surface area contributed by atoms with E-state index in [4.69, 9.17) is 5.11 Å². The highest BCUT2D eigenvalue weighted by Crippen LogP contribution is 2.19. The zero-order valence-corrected chi connectivity index (χ0v) is 11.9. The SMILES string of the molecule is CC(CNC(=O)C1CCN(S(C)(=O)=O)CC1)C(=O)O. The third-order valence-corrected chi connectivity index (χ3v) is 4.60. The second-order valence-corrected chi connectivity index (χ2v) is 6.90. The van der Waals surface area contributed by atoms with Gasteiger partial charge >= 0.3 is 5.97 Å². The van der Waals surface area contributed by atoms with Crippen LogP contribution in [0, 0.1) is 11.8 Å². The highest BCUT2D eigenvalue weighted by atomic mass is 32.2. The van der Waals surface area contributed by atoms with Crippen LogP contribution in [0.15, 0.2) is 0 Å². The minimum atomic E-state index is -3.19. The lowest BCUT2D eigenvalue weighted by Gasteiger charge is -2.29. The Labute approximate surface area is 113 Å². The largest absolute Gasteiger partial charge is 0.481 e. The molecule has 2 N–H and O–H groups in total. The molecule has 7 nitrogen and oxygen atoms in total. The van der Waals surface area contributed by atoms with Crippen LogP contribution in [0.4, 0.5) is 0 Å². The average Bonchev–Trinajstić information content (AvgIpc) is 2.34. The van der Waals surface area contributed by atoms with Crippen molar-refractivity contribution in [1.29, 1.82) is 0 Å². The minimum absolute atomic E-state index is 0.0977. The summed E-state index contributed by atoms with van der Waals surface area (Å²) in [6, 6.07) is 0. The number of nitrogens with zero attached hydrogens (tertiary/aromatic N) is 1. The smallest absolute Gasteiger partial charge is 0.308 e. The summed E-state index contributed by atoms with van der Waals surface area (Å²) in [6.45, 7) is 2.30. The predicted molar refractivity (Wildman–Crippen MR) is 69.0 cm³/mol. The maximum Gasteiger partial charge on any atom is 0.308 e. The maximum absolute atomic E-state index is 11.8. The van der Waals surface area contributed by atoms with E-state index in [0.717, 1.165) is 6.26 Å². The van der Waals surface area contributed by atoms with Crippen LogP contribution in [0.25, 0.3) is 0 Å². The molecule has 1 atom stereocenters. The van der Waals surface area contributed by atoms with Gasteiger partial charge in [0.25, 0.3) is 0 Å². The monoisotopic (exact) mass is 292 g/mol. The van der Waals surface area contributed by atoms with Gasteiger partial charge in [-0.25, -0.2) is 12.7 Å². The first kappa shape index (κ1) is 15.9. The molecular weight excluding hydrogens is 272 g/mol. The molecular formula is C11H20N2O5S. The van der Waals surface area contributed by atoms with Gasteiger partial charge in [0.15, 0.2) is 0 Å². The first-order valence-electron chi connectivity index (χ1n) is 6.17. The summed E-state index contributed by atoms with van der Waals surface area (Å²) >= 11 is 0. The lowest BCUT2D eigenvalue weighted by Crippen LogP contribution is -2.43. The van der Waals surface area contributed by atoms with E-state index in [-0.39, 0.29) is 18.4 Å². The fourth-order valence-electron chi connectivity index (χ4n) is 1.93. The third kappa shape index (κ3) is 4.79. The molecule has 1 amide bonds. The third-order valence-electron chi connectivity index (χ3n) is 3.30. The molecule has 0 aromatic carbocycles. The molecule has 19 heavy (non-hydrogen) atoms. The molecule has 1 saturated heterocycles. The first-order chi connectivity index (χ1) is 8.71.